The molecule has 0 fully saturated rings. The first-order valence-electron chi connectivity index (χ1n) is 6.78. The van der Waals surface area contributed by atoms with Crippen LogP contribution in [0.5, 0.6) is 0 Å². The Morgan fingerprint density at radius 3 is 2.42 bits per heavy atom. The lowest BCUT2D eigenvalue weighted by Crippen LogP contribution is -2.30. The van der Waals surface area contributed by atoms with Crippen molar-refractivity contribution in [2.45, 2.75) is 26.4 Å². The van der Waals surface area contributed by atoms with Crippen molar-refractivity contribution in [1.29, 1.82) is 0 Å². The highest BCUT2D eigenvalue weighted by Crippen LogP contribution is 2.24. The van der Waals surface area contributed by atoms with Crippen molar-refractivity contribution in [1.82, 2.24) is 10.2 Å². The van der Waals surface area contributed by atoms with Crippen LogP contribution in [0.3, 0.4) is 0 Å². The Labute approximate surface area is 126 Å². The number of hydrogen-bond donors (Lipinski definition) is 1. The largest absolute Gasteiger partial charge is 0.373 e. The summed E-state index contributed by atoms with van der Waals surface area (Å²) in [6.07, 6.45) is 0. The van der Waals surface area contributed by atoms with Gasteiger partial charge in [0.25, 0.3) is 0 Å². The number of halogens is 1. The molecule has 1 N–H and O–H groups in total. The molecule has 0 amide bonds. The average molecular weight is 328 g/mol. The van der Waals surface area contributed by atoms with Crippen LogP contribution in [0.15, 0.2) is 22.7 Å². The number of rotatable bonds is 7. The molecule has 0 aromatic heterocycles. The molecule has 108 valence electrons. The quantitative estimate of drug-likeness (QED) is 0.830. The van der Waals surface area contributed by atoms with Crippen molar-refractivity contribution in [3.63, 3.8) is 0 Å². The zero-order chi connectivity index (χ0) is 14.4. The van der Waals surface area contributed by atoms with Crippen molar-refractivity contribution in [2.24, 2.45) is 0 Å². The minimum atomic E-state index is 0.503. The lowest BCUT2D eigenvalue weighted by atomic mass is 10.1. The highest BCUT2D eigenvalue weighted by Gasteiger charge is 2.09. The molecule has 0 saturated carbocycles. The Balaban J connectivity index is 2.80. The molecule has 0 aliphatic rings. The molecule has 0 unspecified atom stereocenters. The van der Waals surface area contributed by atoms with E-state index in [2.05, 4.69) is 84.2 Å². The van der Waals surface area contributed by atoms with Crippen molar-refractivity contribution >= 4 is 21.6 Å². The van der Waals surface area contributed by atoms with E-state index in [0.29, 0.717) is 6.04 Å². The van der Waals surface area contributed by atoms with Gasteiger partial charge in [0.15, 0.2) is 0 Å². The van der Waals surface area contributed by atoms with Gasteiger partial charge >= 0.3 is 0 Å². The Morgan fingerprint density at radius 2 is 1.84 bits per heavy atom. The molecule has 0 saturated heterocycles. The zero-order valence-electron chi connectivity index (χ0n) is 12.7. The van der Waals surface area contributed by atoms with Gasteiger partial charge in [0.2, 0.25) is 0 Å². The number of nitrogens with zero attached hydrogens (tertiary/aromatic N) is 2. The summed E-state index contributed by atoms with van der Waals surface area (Å²) in [6, 6.07) is 7.01. The number of benzene rings is 1. The first-order valence-corrected chi connectivity index (χ1v) is 7.57. The van der Waals surface area contributed by atoms with E-state index >= 15 is 0 Å². The molecule has 0 atom stereocenters. The van der Waals surface area contributed by atoms with E-state index in [1.807, 2.05) is 0 Å². The minimum absolute atomic E-state index is 0.503. The first kappa shape index (κ1) is 16.5. The van der Waals surface area contributed by atoms with Gasteiger partial charge in [-0.25, -0.2) is 0 Å². The van der Waals surface area contributed by atoms with Crippen LogP contribution in [0.2, 0.25) is 0 Å². The third kappa shape index (κ3) is 5.93. The maximum Gasteiger partial charge on any atom is 0.0421 e. The van der Waals surface area contributed by atoms with Gasteiger partial charge in [0.05, 0.1) is 0 Å². The predicted octanol–water partition coefficient (Wildman–Crippen LogP) is 2.94. The normalized spacial score (nSPS) is 11.4. The van der Waals surface area contributed by atoms with Gasteiger partial charge in [-0.15, -0.1) is 0 Å². The standard InChI is InChI=1S/C15H26BrN3/c1-12(2)17-11-13-6-7-14(16)10-15(13)19(5)9-8-18(3)4/h6-7,10,12,17H,8-9,11H2,1-5H3. The summed E-state index contributed by atoms with van der Waals surface area (Å²) in [7, 11) is 6.37. The summed E-state index contributed by atoms with van der Waals surface area (Å²) < 4.78 is 1.13. The van der Waals surface area contributed by atoms with Crippen molar-refractivity contribution < 1.29 is 0 Å². The third-order valence-electron chi connectivity index (χ3n) is 3.04. The molecule has 0 heterocycles. The van der Waals surface area contributed by atoms with Crippen LogP contribution in [-0.2, 0) is 6.54 Å². The van der Waals surface area contributed by atoms with E-state index in [0.717, 1.165) is 24.1 Å². The Bertz CT molecular complexity index is 391. The second-order valence-electron chi connectivity index (χ2n) is 5.53. The number of likely N-dealkylation sites (N-methyl/N-ethyl adjacent to an activating group) is 2. The number of nitrogens with one attached hydrogen (secondary N) is 1. The SMILES string of the molecule is CC(C)NCc1ccc(Br)cc1N(C)CCN(C)C. The van der Waals surface area contributed by atoms with Crippen molar-refractivity contribution in [2.75, 3.05) is 39.1 Å². The summed E-state index contributed by atoms with van der Waals surface area (Å²) in [4.78, 5) is 4.53. The molecule has 19 heavy (non-hydrogen) atoms. The highest BCUT2D eigenvalue weighted by molar-refractivity contribution is 9.10. The van der Waals surface area contributed by atoms with Gasteiger partial charge in [-0.3, -0.25) is 0 Å². The van der Waals surface area contributed by atoms with Crippen LogP contribution in [0.4, 0.5) is 5.69 Å². The molecule has 3 nitrogen and oxygen atoms in total. The Kier molecular flexibility index (Phi) is 6.83. The molecule has 0 radical (unpaired) electrons. The van der Waals surface area contributed by atoms with Crippen LogP contribution in [0.1, 0.15) is 19.4 Å². The maximum absolute atomic E-state index is 3.57. The summed E-state index contributed by atoms with van der Waals surface area (Å²) in [5, 5.41) is 3.49. The van der Waals surface area contributed by atoms with Crippen molar-refractivity contribution in [3.05, 3.63) is 28.2 Å². The molecular weight excluding hydrogens is 302 g/mol. The summed E-state index contributed by atoms with van der Waals surface area (Å²) >= 11 is 3.57. The Hall–Kier alpha value is -0.580. The Morgan fingerprint density at radius 1 is 1.16 bits per heavy atom. The van der Waals surface area contributed by atoms with Gasteiger partial charge in [-0.05, 0) is 31.8 Å². The second-order valence-corrected chi connectivity index (χ2v) is 6.45. The fourth-order valence-electron chi connectivity index (χ4n) is 1.83. The van der Waals surface area contributed by atoms with E-state index in [1.165, 1.54) is 11.3 Å². The van der Waals surface area contributed by atoms with Gasteiger partial charge in [-0.2, -0.15) is 0 Å². The van der Waals surface area contributed by atoms with E-state index in [1.54, 1.807) is 0 Å². The van der Waals surface area contributed by atoms with E-state index in [4.69, 9.17) is 0 Å². The van der Waals surface area contributed by atoms with Crippen molar-refractivity contribution in [3.8, 4) is 0 Å². The molecule has 0 spiro atoms. The maximum atomic E-state index is 3.57. The molecular formula is C15H26BrN3. The van der Waals surface area contributed by atoms with Crippen LogP contribution in [0.25, 0.3) is 0 Å². The fourth-order valence-corrected chi connectivity index (χ4v) is 2.18. The lowest BCUT2D eigenvalue weighted by molar-refractivity contribution is 0.416. The molecule has 4 heteroatoms. The summed E-state index contributed by atoms with van der Waals surface area (Å²) in [6.45, 7) is 7.34. The molecule has 0 bridgehead atoms. The fraction of sp³-hybridized carbons (Fsp3) is 0.600. The monoisotopic (exact) mass is 327 g/mol. The van der Waals surface area contributed by atoms with Gasteiger partial charge in [-0.1, -0.05) is 35.8 Å². The van der Waals surface area contributed by atoms with E-state index in [9.17, 15) is 0 Å². The molecule has 1 rings (SSSR count). The summed E-state index contributed by atoms with van der Waals surface area (Å²) in [5.74, 6) is 0. The number of anilines is 1. The van der Waals surface area contributed by atoms with E-state index < -0.39 is 0 Å². The molecule has 1 aromatic carbocycles. The molecule has 1 aromatic rings. The van der Waals surface area contributed by atoms with Gasteiger partial charge in [0.1, 0.15) is 0 Å². The predicted molar refractivity (Wildman–Crippen MR) is 87.9 cm³/mol. The van der Waals surface area contributed by atoms with Gasteiger partial charge < -0.3 is 15.1 Å². The highest BCUT2D eigenvalue weighted by atomic mass is 79.9. The summed E-state index contributed by atoms with van der Waals surface area (Å²) in [5.41, 5.74) is 2.64. The van der Waals surface area contributed by atoms with E-state index in [-0.39, 0.29) is 0 Å². The smallest absolute Gasteiger partial charge is 0.0421 e. The average Bonchev–Trinajstić information content (AvgIpc) is 2.34. The minimum Gasteiger partial charge on any atom is -0.373 e. The molecule has 0 aliphatic heterocycles. The topological polar surface area (TPSA) is 18.5 Å². The van der Waals surface area contributed by atoms with Crippen LogP contribution in [0, 0.1) is 0 Å². The first-order chi connectivity index (χ1) is 8.90. The number of hydrogen-bond acceptors (Lipinski definition) is 3. The van der Waals surface area contributed by atoms with Crippen LogP contribution >= 0.6 is 15.9 Å². The molecule has 0 aliphatic carbocycles. The van der Waals surface area contributed by atoms with Crippen LogP contribution in [-0.4, -0.2) is 45.2 Å². The second kappa shape index (κ2) is 7.88. The van der Waals surface area contributed by atoms with Gasteiger partial charge in [0, 0.05) is 42.9 Å². The lowest BCUT2D eigenvalue weighted by Gasteiger charge is -2.25. The third-order valence-corrected chi connectivity index (χ3v) is 3.54. The van der Waals surface area contributed by atoms with Crippen LogP contribution < -0.4 is 10.2 Å². The zero-order valence-corrected chi connectivity index (χ0v) is 14.3.